The van der Waals surface area contributed by atoms with Crippen molar-refractivity contribution < 1.29 is 9.53 Å². The summed E-state index contributed by atoms with van der Waals surface area (Å²) >= 11 is 0. The largest absolute Gasteiger partial charge is 0.464 e. The van der Waals surface area contributed by atoms with Crippen LogP contribution >= 0.6 is 0 Å². The first-order chi connectivity index (χ1) is 12.2. The molecule has 3 aromatic rings. The number of carbonyl (C=O) groups is 1. The highest BCUT2D eigenvalue weighted by Crippen LogP contribution is 2.21. The van der Waals surface area contributed by atoms with E-state index in [0.717, 1.165) is 22.0 Å². The molecular formula is C21H22N2O2. The highest BCUT2D eigenvalue weighted by Gasteiger charge is 2.21. The second-order valence-electron chi connectivity index (χ2n) is 5.98. The summed E-state index contributed by atoms with van der Waals surface area (Å²) in [4.78, 5) is 17.0. The normalized spacial score (nSPS) is 11.9. The van der Waals surface area contributed by atoms with Crippen molar-refractivity contribution >= 4 is 22.7 Å². The average molecular weight is 334 g/mol. The zero-order valence-corrected chi connectivity index (χ0v) is 14.5. The maximum Gasteiger partial charge on any atom is 0.328 e. The van der Waals surface area contributed by atoms with Crippen molar-refractivity contribution in [2.45, 2.75) is 26.3 Å². The number of benzene rings is 2. The molecule has 1 atom stereocenters. The Balaban J connectivity index is 1.87. The zero-order chi connectivity index (χ0) is 17.6. The molecule has 1 N–H and O–H groups in total. The molecule has 1 heterocycles. The van der Waals surface area contributed by atoms with E-state index in [0.29, 0.717) is 18.8 Å². The van der Waals surface area contributed by atoms with E-state index in [1.807, 2.05) is 74.5 Å². The number of hydrogen-bond acceptors (Lipinski definition) is 4. The van der Waals surface area contributed by atoms with Gasteiger partial charge in [-0.1, -0.05) is 48.5 Å². The Morgan fingerprint density at radius 3 is 2.60 bits per heavy atom. The van der Waals surface area contributed by atoms with Gasteiger partial charge < -0.3 is 10.1 Å². The van der Waals surface area contributed by atoms with Gasteiger partial charge in [-0.3, -0.25) is 0 Å². The summed E-state index contributed by atoms with van der Waals surface area (Å²) < 4.78 is 5.24. The van der Waals surface area contributed by atoms with Crippen LogP contribution in [0.1, 0.15) is 18.1 Å². The van der Waals surface area contributed by atoms with Gasteiger partial charge in [-0.2, -0.15) is 0 Å². The van der Waals surface area contributed by atoms with Crippen molar-refractivity contribution in [1.82, 2.24) is 4.98 Å². The average Bonchev–Trinajstić information content (AvgIpc) is 2.62. The molecule has 2 aromatic carbocycles. The maximum absolute atomic E-state index is 12.4. The van der Waals surface area contributed by atoms with E-state index in [9.17, 15) is 4.79 Å². The summed E-state index contributed by atoms with van der Waals surface area (Å²) in [6.45, 7) is 4.22. The quantitative estimate of drug-likeness (QED) is 0.689. The Morgan fingerprint density at radius 1 is 1.12 bits per heavy atom. The van der Waals surface area contributed by atoms with E-state index in [1.54, 1.807) is 0 Å². The molecule has 0 aliphatic heterocycles. The highest BCUT2D eigenvalue weighted by atomic mass is 16.5. The van der Waals surface area contributed by atoms with Gasteiger partial charge in [0.2, 0.25) is 0 Å². The molecule has 4 nitrogen and oxygen atoms in total. The first-order valence-electron chi connectivity index (χ1n) is 8.51. The van der Waals surface area contributed by atoms with Crippen LogP contribution in [0.4, 0.5) is 5.82 Å². The summed E-state index contributed by atoms with van der Waals surface area (Å²) in [5, 5.41) is 4.37. The Hall–Kier alpha value is -2.88. The van der Waals surface area contributed by atoms with Crippen LogP contribution in [0.15, 0.2) is 60.7 Å². The molecule has 128 valence electrons. The van der Waals surface area contributed by atoms with Crippen molar-refractivity contribution in [2.24, 2.45) is 0 Å². The predicted molar refractivity (Wildman–Crippen MR) is 101 cm³/mol. The van der Waals surface area contributed by atoms with Crippen molar-refractivity contribution in [2.75, 3.05) is 11.9 Å². The Morgan fingerprint density at radius 2 is 1.84 bits per heavy atom. The lowest BCUT2D eigenvalue weighted by atomic mass is 10.1. The van der Waals surface area contributed by atoms with Gasteiger partial charge in [0.25, 0.3) is 0 Å². The fourth-order valence-corrected chi connectivity index (χ4v) is 2.89. The van der Waals surface area contributed by atoms with Gasteiger partial charge in [0.15, 0.2) is 0 Å². The van der Waals surface area contributed by atoms with Gasteiger partial charge >= 0.3 is 5.97 Å². The third-order valence-corrected chi connectivity index (χ3v) is 4.10. The van der Waals surface area contributed by atoms with Gasteiger partial charge in [0, 0.05) is 11.8 Å². The number of carbonyl (C=O) groups excluding carboxylic acids is 1. The molecule has 0 bridgehead atoms. The topological polar surface area (TPSA) is 51.2 Å². The van der Waals surface area contributed by atoms with Gasteiger partial charge in [0.1, 0.15) is 11.9 Å². The van der Waals surface area contributed by atoms with E-state index in [2.05, 4.69) is 10.3 Å². The number of fused-ring (bicyclic) bond motifs is 1. The highest BCUT2D eigenvalue weighted by molar-refractivity contribution is 5.85. The van der Waals surface area contributed by atoms with Crippen molar-refractivity contribution in [1.29, 1.82) is 0 Å². The molecule has 4 heteroatoms. The molecule has 0 fully saturated rings. The van der Waals surface area contributed by atoms with Crippen LogP contribution in [-0.2, 0) is 16.0 Å². The number of aryl methyl sites for hydroxylation is 1. The predicted octanol–water partition coefficient (Wildman–Crippen LogP) is 4.13. The first-order valence-corrected chi connectivity index (χ1v) is 8.51. The number of nitrogens with one attached hydrogen (secondary N) is 1. The molecule has 0 saturated carbocycles. The molecule has 0 radical (unpaired) electrons. The van der Waals surface area contributed by atoms with E-state index >= 15 is 0 Å². The number of nitrogens with zero attached hydrogens (tertiary/aromatic N) is 1. The van der Waals surface area contributed by atoms with E-state index in [-0.39, 0.29) is 5.97 Å². The van der Waals surface area contributed by atoms with Gasteiger partial charge in [-0.25, -0.2) is 9.78 Å². The van der Waals surface area contributed by atoms with Gasteiger partial charge in [-0.05, 0) is 37.1 Å². The number of anilines is 1. The molecule has 0 aliphatic carbocycles. The van der Waals surface area contributed by atoms with Crippen LogP contribution in [0.2, 0.25) is 0 Å². The minimum absolute atomic E-state index is 0.265. The lowest BCUT2D eigenvalue weighted by Gasteiger charge is -2.19. The third kappa shape index (κ3) is 4.15. The monoisotopic (exact) mass is 334 g/mol. The van der Waals surface area contributed by atoms with Crippen LogP contribution in [0.5, 0.6) is 0 Å². The Labute approximate surface area is 147 Å². The van der Waals surface area contributed by atoms with Crippen LogP contribution in [0.25, 0.3) is 10.9 Å². The maximum atomic E-state index is 12.4. The van der Waals surface area contributed by atoms with E-state index in [1.165, 1.54) is 0 Å². The second-order valence-corrected chi connectivity index (χ2v) is 5.98. The van der Waals surface area contributed by atoms with Crippen LogP contribution in [0, 0.1) is 6.92 Å². The molecule has 0 aliphatic rings. The number of rotatable bonds is 6. The molecule has 0 saturated heterocycles. The minimum Gasteiger partial charge on any atom is -0.464 e. The third-order valence-electron chi connectivity index (χ3n) is 4.10. The SMILES string of the molecule is CCOC(=O)[C@H](Cc1ccccc1)Nc1cc(C)c2ccccc2n1. The fraction of sp³-hybridized carbons (Fsp3) is 0.238. The van der Waals surface area contributed by atoms with E-state index in [4.69, 9.17) is 4.74 Å². The lowest BCUT2D eigenvalue weighted by molar-refractivity contribution is -0.144. The minimum atomic E-state index is -0.476. The fourth-order valence-electron chi connectivity index (χ4n) is 2.89. The van der Waals surface area contributed by atoms with E-state index < -0.39 is 6.04 Å². The summed E-state index contributed by atoms with van der Waals surface area (Å²) in [5.41, 5.74) is 3.10. The molecule has 0 spiro atoms. The Kier molecular flexibility index (Phi) is 5.29. The summed E-state index contributed by atoms with van der Waals surface area (Å²) in [6, 6.07) is 19.4. The van der Waals surface area contributed by atoms with Crippen LogP contribution in [0.3, 0.4) is 0 Å². The molecule has 25 heavy (non-hydrogen) atoms. The number of hydrogen-bond donors (Lipinski definition) is 1. The second kappa shape index (κ2) is 7.79. The number of ether oxygens (including phenoxy) is 1. The van der Waals surface area contributed by atoms with Crippen LogP contribution in [-0.4, -0.2) is 23.6 Å². The van der Waals surface area contributed by atoms with Crippen LogP contribution < -0.4 is 5.32 Å². The standard InChI is InChI=1S/C21H22N2O2/c1-3-25-21(24)19(14-16-9-5-4-6-10-16)23-20-13-15(2)17-11-7-8-12-18(17)22-20/h4-13,19H,3,14H2,1-2H3,(H,22,23)/t19-/m0/s1. The van der Waals surface area contributed by atoms with Crippen molar-refractivity contribution in [3.05, 3.63) is 71.8 Å². The summed E-state index contributed by atoms with van der Waals surface area (Å²) in [6.07, 6.45) is 0.549. The smallest absolute Gasteiger partial charge is 0.328 e. The summed E-state index contributed by atoms with van der Waals surface area (Å²) in [5.74, 6) is 0.421. The van der Waals surface area contributed by atoms with Gasteiger partial charge in [0.05, 0.1) is 12.1 Å². The van der Waals surface area contributed by atoms with Gasteiger partial charge in [-0.15, -0.1) is 0 Å². The molecule has 0 unspecified atom stereocenters. The number of para-hydroxylation sites is 1. The summed E-state index contributed by atoms with van der Waals surface area (Å²) in [7, 11) is 0. The van der Waals surface area contributed by atoms with Crippen molar-refractivity contribution in [3.63, 3.8) is 0 Å². The number of aromatic nitrogens is 1. The molecule has 1 aromatic heterocycles. The number of pyridine rings is 1. The number of esters is 1. The zero-order valence-electron chi connectivity index (χ0n) is 14.5. The first kappa shape index (κ1) is 17.0. The molecule has 0 amide bonds. The lowest BCUT2D eigenvalue weighted by Crippen LogP contribution is -2.34. The molecular weight excluding hydrogens is 312 g/mol. The van der Waals surface area contributed by atoms with Crippen molar-refractivity contribution in [3.8, 4) is 0 Å². The Bertz CT molecular complexity index is 862. The molecule has 3 rings (SSSR count).